The van der Waals surface area contributed by atoms with Gasteiger partial charge < -0.3 is 10.4 Å². The van der Waals surface area contributed by atoms with E-state index in [9.17, 15) is 5.11 Å². The Balaban J connectivity index is 1.74. The highest BCUT2D eigenvalue weighted by molar-refractivity contribution is 5.38. The van der Waals surface area contributed by atoms with Crippen LogP contribution in [0.2, 0.25) is 0 Å². The number of aryl methyl sites for hydroxylation is 1. The second-order valence-electron chi connectivity index (χ2n) is 6.32. The maximum Gasteiger partial charge on any atom is 0.0771 e. The molecule has 2 aliphatic carbocycles. The fourth-order valence-electron chi connectivity index (χ4n) is 3.33. The van der Waals surface area contributed by atoms with Gasteiger partial charge in [-0.2, -0.15) is 0 Å². The Morgan fingerprint density at radius 1 is 1.39 bits per heavy atom. The van der Waals surface area contributed by atoms with Gasteiger partial charge in [0.1, 0.15) is 0 Å². The number of benzene rings is 1. The van der Waals surface area contributed by atoms with Crippen LogP contribution in [0.15, 0.2) is 18.2 Å². The van der Waals surface area contributed by atoms with Crippen molar-refractivity contribution in [3.8, 4) is 0 Å². The van der Waals surface area contributed by atoms with Crippen molar-refractivity contribution in [1.29, 1.82) is 0 Å². The molecule has 0 saturated heterocycles. The van der Waals surface area contributed by atoms with Crippen molar-refractivity contribution in [3.05, 3.63) is 34.9 Å². The standard InChI is InChI=1S/C16H23NO/c1-11-4-5-13-9-12(2)15(14(13)8-11)17-10-16(18)6-3-7-16/h4-5,8,12,15,17-18H,3,6-7,9-10H2,1-2H3. The Kier molecular flexibility index (Phi) is 2.95. The molecule has 2 nitrogen and oxygen atoms in total. The summed E-state index contributed by atoms with van der Waals surface area (Å²) in [4.78, 5) is 0. The van der Waals surface area contributed by atoms with Crippen LogP contribution in [-0.4, -0.2) is 17.3 Å². The minimum atomic E-state index is -0.424. The summed E-state index contributed by atoms with van der Waals surface area (Å²) in [6, 6.07) is 7.19. The molecule has 98 valence electrons. The van der Waals surface area contributed by atoms with Crippen LogP contribution >= 0.6 is 0 Å². The van der Waals surface area contributed by atoms with Crippen LogP contribution in [-0.2, 0) is 6.42 Å². The first-order chi connectivity index (χ1) is 8.57. The molecule has 0 bridgehead atoms. The summed E-state index contributed by atoms with van der Waals surface area (Å²) in [5, 5.41) is 13.8. The van der Waals surface area contributed by atoms with Crippen LogP contribution in [0.25, 0.3) is 0 Å². The minimum Gasteiger partial charge on any atom is -0.389 e. The van der Waals surface area contributed by atoms with Crippen molar-refractivity contribution >= 4 is 0 Å². The predicted octanol–water partition coefficient (Wildman–Crippen LogP) is 2.73. The van der Waals surface area contributed by atoms with E-state index >= 15 is 0 Å². The number of hydrogen-bond acceptors (Lipinski definition) is 2. The molecule has 0 aliphatic heterocycles. The lowest BCUT2D eigenvalue weighted by atomic mass is 9.80. The fourth-order valence-corrected chi connectivity index (χ4v) is 3.33. The number of hydrogen-bond donors (Lipinski definition) is 2. The van der Waals surface area contributed by atoms with Gasteiger partial charge in [0.2, 0.25) is 0 Å². The molecule has 2 unspecified atom stereocenters. The molecule has 2 heteroatoms. The van der Waals surface area contributed by atoms with Gasteiger partial charge in [-0.25, -0.2) is 0 Å². The minimum absolute atomic E-state index is 0.421. The smallest absolute Gasteiger partial charge is 0.0771 e. The summed E-state index contributed by atoms with van der Waals surface area (Å²) in [5.41, 5.74) is 3.83. The van der Waals surface area contributed by atoms with Crippen molar-refractivity contribution in [2.45, 2.75) is 51.2 Å². The summed E-state index contributed by atoms with van der Waals surface area (Å²) in [6.07, 6.45) is 4.25. The van der Waals surface area contributed by atoms with Crippen LogP contribution < -0.4 is 5.32 Å². The van der Waals surface area contributed by atoms with Gasteiger partial charge in [-0.3, -0.25) is 0 Å². The number of fused-ring (bicyclic) bond motifs is 1. The Labute approximate surface area is 109 Å². The second kappa shape index (κ2) is 4.36. The van der Waals surface area contributed by atoms with E-state index in [-0.39, 0.29) is 0 Å². The summed E-state index contributed by atoms with van der Waals surface area (Å²) in [5.74, 6) is 0.630. The monoisotopic (exact) mass is 245 g/mol. The van der Waals surface area contributed by atoms with E-state index in [1.807, 2.05) is 0 Å². The van der Waals surface area contributed by atoms with E-state index in [2.05, 4.69) is 37.4 Å². The van der Waals surface area contributed by atoms with E-state index < -0.39 is 5.60 Å². The van der Waals surface area contributed by atoms with Crippen LogP contribution in [0.3, 0.4) is 0 Å². The molecule has 0 amide bonds. The van der Waals surface area contributed by atoms with E-state index in [1.54, 1.807) is 0 Å². The van der Waals surface area contributed by atoms with Crippen molar-refractivity contribution in [1.82, 2.24) is 5.32 Å². The van der Waals surface area contributed by atoms with Gasteiger partial charge in [-0.15, -0.1) is 0 Å². The molecular weight excluding hydrogens is 222 g/mol. The van der Waals surface area contributed by atoms with Gasteiger partial charge in [0.25, 0.3) is 0 Å². The Morgan fingerprint density at radius 2 is 2.17 bits per heavy atom. The molecule has 2 atom stereocenters. The molecule has 0 radical (unpaired) electrons. The molecule has 2 N–H and O–H groups in total. The third kappa shape index (κ3) is 2.08. The van der Waals surface area contributed by atoms with E-state index in [4.69, 9.17) is 0 Å². The molecule has 0 spiro atoms. The van der Waals surface area contributed by atoms with Gasteiger partial charge in [0.15, 0.2) is 0 Å². The number of aliphatic hydroxyl groups is 1. The van der Waals surface area contributed by atoms with Gasteiger partial charge in [0.05, 0.1) is 5.60 Å². The van der Waals surface area contributed by atoms with Crippen molar-refractivity contribution in [2.75, 3.05) is 6.54 Å². The average molecular weight is 245 g/mol. The molecular formula is C16H23NO. The van der Waals surface area contributed by atoms with Crippen LogP contribution in [0.1, 0.15) is 48.9 Å². The van der Waals surface area contributed by atoms with Crippen molar-refractivity contribution < 1.29 is 5.11 Å². The maximum absolute atomic E-state index is 10.2. The second-order valence-corrected chi connectivity index (χ2v) is 6.32. The topological polar surface area (TPSA) is 32.3 Å². The van der Waals surface area contributed by atoms with Gasteiger partial charge >= 0.3 is 0 Å². The first kappa shape index (κ1) is 12.2. The Morgan fingerprint density at radius 3 is 2.83 bits per heavy atom. The largest absolute Gasteiger partial charge is 0.389 e. The average Bonchev–Trinajstić information content (AvgIpc) is 2.60. The molecule has 3 rings (SSSR count). The third-order valence-electron chi connectivity index (χ3n) is 4.68. The summed E-state index contributed by atoms with van der Waals surface area (Å²) >= 11 is 0. The fraction of sp³-hybridized carbons (Fsp3) is 0.625. The zero-order chi connectivity index (χ0) is 12.8. The van der Waals surface area contributed by atoms with Crippen molar-refractivity contribution in [2.24, 2.45) is 5.92 Å². The highest BCUT2D eigenvalue weighted by Crippen LogP contribution is 2.38. The molecule has 18 heavy (non-hydrogen) atoms. The zero-order valence-corrected chi connectivity index (χ0v) is 11.4. The number of rotatable bonds is 3. The lowest BCUT2D eigenvalue weighted by Gasteiger charge is -2.38. The predicted molar refractivity (Wildman–Crippen MR) is 73.6 cm³/mol. The molecule has 0 aromatic heterocycles. The molecule has 1 fully saturated rings. The first-order valence-corrected chi connectivity index (χ1v) is 7.13. The number of nitrogens with one attached hydrogen (secondary N) is 1. The normalized spacial score (nSPS) is 28.8. The van der Waals surface area contributed by atoms with Crippen molar-refractivity contribution in [3.63, 3.8) is 0 Å². The van der Waals surface area contributed by atoms with Gasteiger partial charge in [-0.1, -0.05) is 30.7 Å². The van der Waals surface area contributed by atoms with Gasteiger partial charge in [0, 0.05) is 12.6 Å². The zero-order valence-electron chi connectivity index (χ0n) is 11.4. The molecule has 1 aromatic carbocycles. The quantitative estimate of drug-likeness (QED) is 0.858. The first-order valence-electron chi connectivity index (χ1n) is 7.13. The van der Waals surface area contributed by atoms with E-state index in [0.717, 1.165) is 25.8 Å². The summed E-state index contributed by atoms with van der Waals surface area (Å²) < 4.78 is 0. The summed E-state index contributed by atoms with van der Waals surface area (Å²) in [6.45, 7) is 5.20. The van der Waals surface area contributed by atoms with Gasteiger partial charge in [-0.05, 0) is 49.7 Å². The van der Waals surface area contributed by atoms with Crippen LogP contribution in [0, 0.1) is 12.8 Å². The highest BCUT2D eigenvalue weighted by Gasteiger charge is 2.36. The lowest BCUT2D eigenvalue weighted by Crippen LogP contribution is -2.47. The molecule has 0 heterocycles. The van der Waals surface area contributed by atoms with E-state index in [0.29, 0.717) is 12.0 Å². The Bertz CT molecular complexity index is 450. The molecule has 1 saturated carbocycles. The Hall–Kier alpha value is -0.860. The highest BCUT2D eigenvalue weighted by atomic mass is 16.3. The molecule has 2 aliphatic rings. The summed E-state index contributed by atoms with van der Waals surface area (Å²) in [7, 11) is 0. The third-order valence-corrected chi connectivity index (χ3v) is 4.68. The van der Waals surface area contributed by atoms with Crippen LogP contribution in [0.4, 0.5) is 0 Å². The van der Waals surface area contributed by atoms with E-state index in [1.165, 1.54) is 23.1 Å². The SMILES string of the molecule is Cc1ccc2c(c1)C(NCC1(O)CCC1)C(C)C2. The molecule has 1 aromatic rings. The maximum atomic E-state index is 10.2. The van der Waals surface area contributed by atoms with Crippen LogP contribution in [0.5, 0.6) is 0 Å². The lowest BCUT2D eigenvalue weighted by molar-refractivity contribution is -0.0341.